The molecule has 1 amide bonds. The van der Waals surface area contributed by atoms with E-state index < -0.39 is 20.0 Å². The fourth-order valence-corrected chi connectivity index (χ4v) is 10.7. The highest BCUT2D eigenvalue weighted by molar-refractivity contribution is 7.47. The van der Waals surface area contributed by atoms with Crippen LogP contribution in [0.1, 0.15) is 329 Å². The van der Waals surface area contributed by atoms with Gasteiger partial charge in [-0.1, -0.05) is 275 Å². The van der Waals surface area contributed by atoms with Crippen LogP contribution in [0, 0.1) is 0 Å². The predicted octanol–water partition coefficient (Wildman–Crippen LogP) is 21.2. The van der Waals surface area contributed by atoms with E-state index in [1.165, 1.54) is 231 Å². The average Bonchev–Trinajstić information content (AvgIpc) is 3.41. The van der Waals surface area contributed by atoms with Crippen molar-refractivity contribution in [1.29, 1.82) is 0 Å². The van der Waals surface area contributed by atoms with Gasteiger partial charge in [0.25, 0.3) is 0 Å². The topological polar surface area (TPSA) is 111 Å². The molecule has 0 fully saturated rings. The van der Waals surface area contributed by atoms with Gasteiger partial charge in [0.15, 0.2) is 0 Å². The van der Waals surface area contributed by atoms with Crippen molar-refractivity contribution >= 4 is 19.7 Å². The summed E-state index contributed by atoms with van der Waals surface area (Å²) < 4.78 is 30.8. The van der Waals surface area contributed by atoms with Crippen molar-refractivity contribution in [3.63, 3.8) is 0 Å². The van der Waals surface area contributed by atoms with Crippen LogP contribution in [0.15, 0.2) is 48.6 Å². The Morgan fingerprint density at radius 2 is 0.772 bits per heavy atom. The van der Waals surface area contributed by atoms with E-state index in [-0.39, 0.29) is 25.1 Å². The van der Waals surface area contributed by atoms with Crippen molar-refractivity contribution < 1.29 is 37.3 Å². The zero-order chi connectivity index (χ0) is 57.9. The molecule has 0 saturated carbocycles. The zero-order valence-corrected chi connectivity index (χ0v) is 54.0. The number of carbonyl (C=O) groups excluding carboxylic acids is 2. The molecule has 0 spiro atoms. The second-order valence-corrected chi connectivity index (χ2v) is 25.8. The first-order valence-corrected chi connectivity index (χ1v) is 35.5. The van der Waals surface area contributed by atoms with Gasteiger partial charge < -0.3 is 19.4 Å². The van der Waals surface area contributed by atoms with Crippen molar-refractivity contribution in [2.45, 2.75) is 341 Å². The van der Waals surface area contributed by atoms with Crippen molar-refractivity contribution in [1.82, 2.24) is 5.32 Å². The van der Waals surface area contributed by atoms with Crippen LogP contribution in [0.4, 0.5) is 0 Å². The Hall–Kier alpha value is -2.03. The van der Waals surface area contributed by atoms with Crippen LogP contribution in [-0.4, -0.2) is 74.3 Å². The van der Waals surface area contributed by atoms with Gasteiger partial charge in [0.05, 0.1) is 33.8 Å². The number of carbonyl (C=O) groups is 2. The molecule has 3 unspecified atom stereocenters. The molecule has 0 rings (SSSR count). The van der Waals surface area contributed by atoms with Gasteiger partial charge >= 0.3 is 13.8 Å². The molecule has 0 aromatic carbocycles. The normalized spacial score (nSPS) is 13.9. The fraction of sp³-hybridized carbons (Fsp3) is 0.855. The summed E-state index contributed by atoms with van der Waals surface area (Å²) in [6.07, 6.45) is 74.0. The number of ether oxygens (including phenoxy) is 1. The summed E-state index contributed by atoms with van der Waals surface area (Å²) in [6.45, 7) is 7.02. The Kier molecular flexibility index (Phi) is 57.6. The molecule has 2 N–H and O–H groups in total. The molecule has 0 bridgehead atoms. The quantitative estimate of drug-likeness (QED) is 0.0205. The van der Waals surface area contributed by atoms with Gasteiger partial charge in [0.2, 0.25) is 5.91 Å². The summed E-state index contributed by atoms with van der Waals surface area (Å²) in [4.78, 5) is 37.8. The summed E-state index contributed by atoms with van der Waals surface area (Å²) in [7, 11) is 1.50. The van der Waals surface area contributed by atoms with E-state index in [0.717, 1.165) is 64.2 Å². The van der Waals surface area contributed by atoms with Crippen LogP contribution in [0.25, 0.3) is 0 Å². The minimum absolute atomic E-state index is 0.0406. The summed E-state index contributed by atoms with van der Waals surface area (Å²) in [6, 6.07) is -0.848. The van der Waals surface area contributed by atoms with E-state index in [1.807, 2.05) is 33.3 Å². The second kappa shape index (κ2) is 59.1. The Morgan fingerprint density at radius 3 is 1.18 bits per heavy atom. The number of nitrogens with zero attached hydrogens (tertiary/aromatic N) is 1. The molecule has 0 aliphatic rings. The molecule has 79 heavy (non-hydrogen) atoms. The van der Waals surface area contributed by atoms with Crippen LogP contribution in [0.3, 0.4) is 0 Å². The molecular formula is C69H132N2O7P+. The molecule has 3 atom stereocenters. The standard InChI is InChI=1S/C69H131N2O7P/c1-7-10-13-16-19-22-25-27-29-31-33-35-37-39-41-43-46-49-52-55-58-61-68(72)70-66(65-77-79(74,75)76-64-63-71(4,5)6)67(60-57-54-51-48-45-24-21-18-15-12-9-3)78-69(73)62-59-56-53-50-47-44-42-40-38-36-34-32-30-28-26-23-20-17-14-11-8-2/h19,22,27-30,57,60,66-67H,7-18,20-21,23-26,31-56,58-59,61-65H2,1-6H3,(H-,70,72,74,75)/p+1/b22-19-,29-27-,30-28+,60-57+. The third kappa shape index (κ3) is 60.4. The number of unbranched alkanes of at least 4 members (excludes halogenated alkanes) is 40. The second-order valence-electron chi connectivity index (χ2n) is 24.3. The van der Waals surface area contributed by atoms with Crippen LogP contribution < -0.4 is 5.32 Å². The number of hydrogen-bond acceptors (Lipinski definition) is 6. The summed E-state index contributed by atoms with van der Waals surface area (Å²) in [5, 5.41) is 3.07. The monoisotopic (exact) mass is 1130 g/mol. The maximum atomic E-state index is 13.6. The maximum Gasteiger partial charge on any atom is 0.472 e. The molecule has 10 heteroatoms. The van der Waals surface area contributed by atoms with Gasteiger partial charge in [-0.25, -0.2) is 4.57 Å². The number of nitrogens with one attached hydrogen (secondary N) is 1. The molecule has 0 aliphatic heterocycles. The molecule has 0 aromatic heterocycles. The number of hydrogen-bond donors (Lipinski definition) is 2. The van der Waals surface area contributed by atoms with E-state index in [1.54, 1.807) is 0 Å². The Morgan fingerprint density at radius 1 is 0.443 bits per heavy atom. The van der Waals surface area contributed by atoms with Crippen molar-refractivity contribution in [2.24, 2.45) is 0 Å². The lowest BCUT2D eigenvalue weighted by Crippen LogP contribution is -2.47. The van der Waals surface area contributed by atoms with Crippen molar-refractivity contribution in [2.75, 3.05) is 40.9 Å². The third-order valence-corrected chi connectivity index (χ3v) is 16.2. The van der Waals surface area contributed by atoms with Crippen LogP contribution >= 0.6 is 7.82 Å². The van der Waals surface area contributed by atoms with Gasteiger partial charge in [-0.15, -0.1) is 0 Å². The highest BCUT2D eigenvalue weighted by Crippen LogP contribution is 2.43. The molecular weight excluding hydrogens is 1000 g/mol. The van der Waals surface area contributed by atoms with Crippen LogP contribution in [0.2, 0.25) is 0 Å². The molecule has 0 aromatic rings. The molecule has 9 nitrogen and oxygen atoms in total. The number of likely N-dealkylation sites (N-methyl/N-ethyl adjacent to an activating group) is 1. The van der Waals surface area contributed by atoms with Crippen molar-refractivity contribution in [3.05, 3.63) is 48.6 Å². The van der Waals surface area contributed by atoms with Gasteiger partial charge in [0.1, 0.15) is 19.3 Å². The first-order chi connectivity index (χ1) is 38.4. The predicted molar refractivity (Wildman–Crippen MR) is 342 cm³/mol. The number of rotatable bonds is 62. The fourth-order valence-electron chi connectivity index (χ4n) is 9.97. The lowest BCUT2D eigenvalue weighted by atomic mass is 10.0. The van der Waals surface area contributed by atoms with Gasteiger partial charge in [0, 0.05) is 12.8 Å². The minimum Gasteiger partial charge on any atom is -0.456 e. The van der Waals surface area contributed by atoms with Crippen LogP contribution in [-0.2, 0) is 27.9 Å². The molecule has 0 aliphatic carbocycles. The minimum atomic E-state index is -4.45. The highest BCUT2D eigenvalue weighted by Gasteiger charge is 2.30. The molecule has 0 saturated heterocycles. The first-order valence-electron chi connectivity index (χ1n) is 34.0. The van der Waals surface area contributed by atoms with Gasteiger partial charge in [-0.3, -0.25) is 18.6 Å². The third-order valence-electron chi connectivity index (χ3n) is 15.2. The number of phosphoric acid groups is 1. The molecule has 0 heterocycles. The van der Waals surface area contributed by atoms with Gasteiger partial charge in [-0.05, 0) is 89.5 Å². The number of amides is 1. The van der Waals surface area contributed by atoms with E-state index >= 15 is 0 Å². The number of esters is 1. The Labute approximate surface area is 490 Å². The lowest BCUT2D eigenvalue weighted by molar-refractivity contribution is -0.870. The number of allylic oxidation sites excluding steroid dienone is 7. The summed E-state index contributed by atoms with van der Waals surface area (Å²) in [5.41, 5.74) is 0. The van der Waals surface area contributed by atoms with E-state index in [0.29, 0.717) is 23.9 Å². The first kappa shape index (κ1) is 77.0. The Balaban J connectivity index is 5.08. The SMILES string of the molecule is CCCCC/C=C\C/C=C\CCCCCCCCCCCCCC(=O)NC(COP(=O)(O)OCC[N+](C)(C)C)C(/C=C/CCCCCCCCCCC)OC(=O)CCCCCCCCCCCCC/C=C/CCCCCCCC. The van der Waals surface area contributed by atoms with Crippen molar-refractivity contribution in [3.8, 4) is 0 Å². The number of quaternary nitrogens is 1. The summed E-state index contributed by atoms with van der Waals surface area (Å²) >= 11 is 0. The highest BCUT2D eigenvalue weighted by atomic mass is 31.2. The van der Waals surface area contributed by atoms with E-state index in [4.69, 9.17) is 13.8 Å². The largest absolute Gasteiger partial charge is 0.472 e. The molecule has 0 radical (unpaired) electrons. The lowest BCUT2D eigenvalue weighted by Gasteiger charge is -2.27. The summed E-state index contributed by atoms with van der Waals surface area (Å²) in [5.74, 6) is -0.496. The van der Waals surface area contributed by atoms with Gasteiger partial charge in [-0.2, -0.15) is 0 Å². The Bertz CT molecular complexity index is 1490. The smallest absolute Gasteiger partial charge is 0.456 e. The van der Waals surface area contributed by atoms with E-state index in [9.17, 15) is 19.0 Å². The number of phosphoric ester groups is 1. The average molecular weight is 1130 g/mol. The molecule has 464 valence electrons. The van der Waals surface area contributed by atoms with E-state index in [2.05, 4.69) is 62.5 Å². The maximum absolute atomic E-state index is 13.6. The van der Waals surface area contributed by atoms with Crippen LogP contribution in [0.5, 0.6) is 0 Å². The zero-order valence-electron chi connectivity index (χ0n) is 53.1.